The third-order valence-corrected chi connectivity index (χ3v) is 9.07. The predicted octanol–water partition coefficient (Wildman–Crippen LogP) is 10.4. The minimum atomic E-state index is -0.180. The number of anilines is 1. The molecule has 1 aromatic heterocycles. The van der Waals surface area contributed by atoms with Crippen molar-refractivity contribution in [2.24, 2.45) is 4.99 Å². The summed E-state index contributed by atoms with van der Waals surface area (Å²) < 4.78 is 0. The van der Waals surface area contributed by atoms with Gasteiger partial charge in [-0.2, -0.15) is 0 Å². The molecule has 2 aromatic rings. The standard InChI is InChI=1S/C38H53N3O/c1-4-5-6-7-8-9-10-11-12-13-14-15-16-17-18-21-29-41-34-25-20-19-24-32(34)38(2,3)36(41)30-40-37-31-23-22-28-39-33(31)26-27-35(37)42/h19-20,22-28,30H,4-18,21,29H2,1-3H3/b36-30-,40-37?. The van der Waals surface area contributed by atoms with E-state index in [1.54, 1.807) is 18.3 Å². The van der Waals surface area contributed by atoms with Crippen molar-refractivity contribution in [3.8, 4) is 0 Å². The minimum Gasteiger partial charge on any atom is -0.343 e. The number of para-hydroxylation sites is 1. The number of aliphatic imine (C=N–C) groups is 1. The Balaban J connectivity index is 1.23. The highest BCUT2D eigenvalue weighted by Gasteiger charge is 2.39. The molecule has 0 N–H and O–H groups in total. The average Bonchev–Trinajstić information content (AvgIpc) is 3.21. The second-order valence-corrected chi connectivity index (χ2v) is 12.7. The van der Waals surface area contributed by atoms with Gasteiger partial charge in [0.2, 0.25) is 5.78 Å². The molecule has 0 bridgehead atoms. The summed E-state index contributed by atoms with van der Waals surface area (Å²) in [6.07, 6.45) is 29.1. The summed E-state index contributed by atoms with van der Waals surface area (Å²) in [7, 11) is 0. The van der Waals surface area contributed by atoms with Gasteiger partial charge in [0.25, 0.3) is 0 Å². The van der Waals surface area contributed by atoms with E-state index in [0.29, 0.717) is 5.71 Å². The Morgan fingerprint density at radius 1 is 0.762 bits per heavy atom. The van der Waals surface area contributed by atoms with Crippen LogP contribution in [0, 0.1) is 0 Å². The molecule has 0 atom stereocenters. The predicted molar refractivity (Wildman–Crippen MR) is 179 cm³/mol. The molecule has 1 aromatic carbocycles. The van der Waals surface area contributed by atoms with Crippen molar-refractivity contribution in [2.75, 3.05) is 11.4 Å². The molecule has 0 radical (unpaired) electrons. The van der Waals surface area contributed by atoms with Gasteiger partial charge in [-0.3, -0.25) is 14.8 Å². The van der Waals surface area contributed by atoms with Crippen LogP contribution in [0.15, 0.2) is 65.6 Å². The first kappa shape index (κ1) is 31.9. The zero-order chi connectivity index (χ0) is 29.6. The van der Waals surface area contributed by atoms with Gasteiger partial charge in [0.1, 0.15) is 5.71 Å². The molecule has 0 spiro atoms. The van der Waals surface area contributed by atoms with E-state index in [0.717, 1.165) is 29.9 Å². The molecule has 2 heterocycles. The normalized spacial score (nSPS) is 17.3. The van der Waals surface area contributed by atoms with Gasteiger partial charge in [-0.05, 0) is 42.3 Å². The van der Waals surface area contributed by atoms with Crippen LogP contribution < -0.4 is 4.90 Å². The van der Waals surface area contributed by atoms with Crippen LogP contribution in [-0.2, 0) is 10.2 Å². The first-order valence-corrected chi connectivity index (χ1v) is 16.9. The van der Waals surface area contributed by atoms with Gasteiger partial charge in [0.05, 0.1) is 5.69 Å². The van der Waals surface area contributed by atoms with Gasteiger partial charge in [0, 0.05) is 41.3 Å². The largest absolute Gasteiger partial charge is 0.343 e. The summed E-state index contributed by atoms with van der Waals surface area (Å²) in [6.45, 7) is 7.80. The van der Waals surface area contributed by atoms with E-state index in [1.165, 1.54) is 108 Å². The van der Waals surface area contributed by atoms with E-state index in [1.807, 2.05) is 18.3 Å². The molecule has 1 aliphatic carbocycles. The van der Waals surface area contributed by atoms with Gasteiger partial charge >= 0.3 is 0 Å². The number of carbonyl (C=O) groups is 1. The Bertz CT molecular complexity index is 1240. The third kappa shape index (κ3) is 8.52. The lowest BCUT2D eigenvalue weighted by Crippen LogP contribution is -2.27. The highest BCUT2D eigenvalue weighted by atomic mass is 16.1. The van der Waals surface area contributed by atoms with E-state index in [9.17, 15) is 4.79 Å². The van der Waals surface area contributed by atoms with Crippen LogP contribution in [0.5, 0.6) is 0 Å². The lowest BCUT2D eigenvalue weighted by Gasteiger charge is -2.26. The fourth-order valence-corrected chi connectivity index (χ4v) is 6.51. The number of hydrogen-bond donors (Lipinski definition) is 0. The number of unbranched alkanes of at least 4 members (excludes halogenated alkanes) is 15. The Hall–Kier alpha value is -3.01. The number of rotatable bonds is 18. The molecule has 226 valence electrons. The zero-order valence-electron chi connectivity index (χ0n) is 26.5. The van der Waals surface area contributed by atoms with Crippen molar-refractivity contribution in [2.45, 2.75) is 129 Å². The zero-order valence-corrected chi connectivity index (χ0v) is 26.5. The van der Waals surface area contributed by atoms with Crippen molar-refractivity contribution < 1.29 is 4.79 Å². The number of benzene rings is 1. The Morgan fingerprint density at radius 2 is 1.36 bits per heavy atom. The van der Waals surface area contributed by atoms with E-state index in [-0.39, 0.29) is 11.2 Å². The average molecular weight is 568 g/mol. The number of nitrogens with zero attached hydrogens (tertiary/aromatic N) is 3. The first-order valence-electron chi connectivity index (χ1n) is 16.9. The van der Waals surface area contributed by atoms with Crippen LogP contribution in [-0.4, -0.2) is 23.0 Å². The van der Waals surface area contributed by atoms with E-state index < -0.39 is 0 Å². The Kier molecular flexibility index (Phi) is 12.6. The smallest absolute Gasteiger partial charge is 0.204 e. The molecule has 1 aliphatic heterocycles. The van der Waals surface area contributed by atoms with Gasteiger partial charge in [-0.1, -0.05) is 135 Å². The lowest BCUT2D eigenvalue weighted by molar-refractivity contribution is -0.108. The van der Waals surface area contributed by atoms with Crippen molar-refractivity contribution in [1.29, 1.82) is 0 Å². The summed E-state index contributed by atoms with van der Waals surface area (Å²) in [5.74, 6) is -0.0648. The highest BCUT2D eigenvalue weighted by molar-refractivity contribution is 6.52. The Labute approximate surface area is 255 Å². The molecule has 0 saturated carbocycles. The van der Waals surface area contributed by atoms with Crippen LogP contribution >= 0.6 is 0 Å². The molecular formula is C38H53N3O. The summed E-state index contributed by atoms with van der Waals surface area (Å²) in [5, 5.41) is 0. The van der Waals surface area contributed by atoms with Gasteiger partial charge in [-0.15, -0.1) is 0 Å². The molecule has 2 aliphatic rings. The van der Waals surface area contributed by atoms with Crippen molar-refractivity contribution in [3.63, 3.8) is 0 Å². The summed E-state index contributed by atoms with van der Waals surface area (Å²) in [5.41, 5.74) is 5.65. The van der Waals surface area contributed by atoms with Crippen molar-refractivity contribution in [1.82, 2.24) is 4.98 Å². The van der Waals surface area contributed by atoms with Crippen LogP contribution in [0.3, 0.4) is 0 Å². The number of allylic oxidation sites excluding steroid dienone is 2. The monoisotopic (exact) mass is 567 g/mol. The van der Waals surface area contributed by atoms with E-state index in [4.69, 9.17) is 4.99 Å². The first-order chi connectivity index (χ1) is 20.5. The number of aromatic nitrogens is 1. The van der Waals surface area contributed by atoms with Gasteiger partial charge in [-0.25, -0.2) is 0 Å². The summed E-state index contributed by atoms with van der Waals surface area (Å²) in [6, 6.07) is 12.5. The maximum Gasteiger partial charge on any atom is 0.204 e. The second-order valence-electron chi connectivity index (χ2n) is 12.7. The topological polar surface area (TPSA) is 45.6 Å². The number of ketones is 1. The summed E-state index contributed by atoms with van der Waals surface area (Å²) in [4.78, 5) is 24.4. The molecule has 0 unspecified atom stereocenters. The van der Waals surface area contributed by atoms with Gasteiger partial charge < -0.3 is 4.90 Å². The van der Waals surface area contributed by atoms with Gasteiger partial charge in [0.15, 0.2) is 0 Å². The van der Waals surface area contributed by atoms with E-state index in [2.05, 4.69) is 54.9 Å². The van der Waals surface area contributed by atoms with Crippen LogP contribution in [0.4, 0.5) is 5.69 Å². The maximum absolute atomic E-state index is 12.8. The SMILES string of the molecule is CCCCCCCCCCCCCCCCCCN1/C(=C\N=C2C(=O)C=Cc3ncccc32)C(C)(C)c2ccccc21. The highest BCUT2D eigenvalue weighted by Crippen LogP contribution is 2.47. The molecule has 4 nitrogen and oxygen atoms in total. The Morgan fingerprint density at radius 3 is 2.00 bits per heavy atom. The maximum atomic E-state index is 12.8. The van der Waals surface area contributed by atoms with E-state index >= 15 is 0 Å². The molecular weight excluding hydrogens is 514 g/mol. The van der Waals surface area contributed by atoms with Crippen molar-refractivity contribution in [3.05, 3.63) is 77.4 Å². The van der Waals surface area contributed by atoms with Crippen LogP contribution in [0.1, 0.15) is 140 Å². The molecule has 4 rings (SSSR count). The third-order valence-electron chi connectivity index (χ3n) is 9.07. The quantitative estimate of drug-likeness (QED) is 0.168. The molecule has 4 heteroatoms. The summed E-state index contributed by atoms with van der Waals surface area (Å²) >= 11 is 0. The molecule has 0 amide bonds. The van der Waals surface area contributed by atoms with Crippen molar-refractivity contribution >= 4 is 23.3 Å². The fraction of sp³-hybridized carbons (Fsp3) is 0.553. The number of fused-ring (bicyclic) bond motifs is 2. The minimum absolute atomic E-state index is 0.0648. The number of carbonyl (C=O) groups excluding carboxylic acids is 1. The second kappa shape index (κ2) is 16.6. The lowest BCUT2D eigenvalue weighted by atomic mass is 9.84. The van der Waals surface area contributed by atoms with Crippen LogP contribution in [0.25, 0.3) is 6.08 Å². The number of pyridine rings is 1. The molecule has 42 heavy (non-hydrogen) atoms. The van der Waals surface area contributed by atoms with Crippen LogP contribution in [0.2, 0.25) is 0 Å². The number of hydrogen-bond acceptors (Lipinski definition) is 4. The fourth-order valence-electron chi connectivity index (χ4n) is 6.51. The molecule has 0 saturated heterocycles. The molecule has 0 fully saturated rings.